The van der Waals surface area contributed by atoms with Crippen LogP contribution in [0.5, 0.6) is 0 Å². The number of hydrogen-bond acceptors (Lipinski definition) is 8. The summed E-state index contributed by atoms with van der Waals surface area (Å²) >= 11 is 5.78. The molecule has 3 rings (SSSR count). The largest absolute Gasteiger partial charge is 0.383 e. The molecule has 1 aromatic carbocycles. The molecule has 1 aliphatic rings. The van der Waals surface area contributed by atoms with E-state index in [4.69, 9.17) is 16.4 Å². The van der Waals surface area contributed by atoms with Gasteiger partial charge in [0, 0.05) is 6.26 Å². The summed E-state index contributed by atoms with van der Waals surface area (Å²) < 4.78 is 23.0. The Kier molecular flexibility index (Phi) is 4.01. The van der Waals surface area contributed by atoms with Crippen LogP contribution in [0, 0.1) is 0 Å². The van der Waals surface area contributed by atoms with Crippen LogP contribution in [0.2, 0.25) is 5.02 Å². The molecule has 0 bridgehead atoms. The van der Waals surface area contributed by atoms with Gasteiger partial charge in [-0.3, -0.25) is 9.59 Å². The standard InChI is InChI=1S/C14H8ClN3O6S/c1-25(22,23)14-16-6-9(15)10(17-14)13(21)24-18-11(19)7-4-2-3-5-8(7)12(18)20/h2-6H,1H3. The highest BCUT2D eigenvalue weighted by Crippen LogP contribution is 2.24. The van der Waals surface area contributed by atoms with Crippen molar-refractivity contribution in [2.45, 2.75) is 5.16 Å². The van der Waals surface area contributed by atoms with Crippen LogP contribution >= 0.6 is 11.6 Å². The highest BCUT2D eigenvalue weighted by atomic mass is 35.5. The predicted molar refractivity (Wildman–Crippen MR) is 82.5 cm³/mol. The van der Waals surface area contributed by atoms with Gasteiger partial charge >= 0.3 is 5.97 Å². The summed E-state index contributed by atoms with van der Waals surface area (Å²) in [6, 6.07) is 5.91. The van der Waals surface area contributed by atoms with E-state index in [0.717, 1.165) is 12.5 Å². The summed E-state index contributed by atoms with van der Waals surface area (Å²) in [5.41, 5.74) is -0.439. The number of carbonyl (C=O) groups is 3. The zero-order valence-electron chi connectivity index (χ0n) is 12.5. The quantitative estimate of drug-likeness (QED) is 0.567. The van der Waals surface area contributed by atoms with Crippen LogP contribution < -0.4 is 0 Å². The highest BCUT2D eigenvalue weighted by molar-refractivity contribution is 7.90. The van der Waals surface area contributed by atoms with E-state index in [9.17, 15) is 22.8 Å². The minimum absolute atomic E-state index is 0.0749. The number of halogens is 1. The molecule has 9 nitrogen and oxygen atoms in total. The molecule has 0 saturated heterocycles. The second-order valence-corrected chi connectivity index (χ2v) is 7.27. The van der Waals surface area contributed by atoms with Gasteiger partial charge in [-0.15, -0.1) is 0 Å². The molecule has 2 heterocycles. The van der Waals surface area contributed by atoms with Gasteiger partial charge in [0.2, 0.25) is 15.0 Å². The molecule has 0 aliphatic carbocycles. The average Bonchev–Trinajstić information content (AvgIpc) is 2.79. The lowest BCUT2D eigenvalue weighted by Crippen LogP contribution is -2.33. The number of imide groups is 1. The number of nitrogens with zero attached hydrogens (tertiary/aromatic N) is 3. The molecule has 0 spiro atoms. The maximum Gasteiger partial charge on any atom is 0.383 e. The zero-order valence-corrected chi connectivity index (χ0v) is 14.0. The maximum atomic E-state index is 12.2. The second kappa shape index (κ2) is 5.90. The van der Waals surface area contributed by atoms with E-state index in [0.29, 0.717) is 0 Å². The monoisotopic (exact) mass is 381 g/mol. The van der Waals surface area contributed by atoms with Crippen molar-refractivity contribution in [3.8, 4) is 0 Å². The number of fused-ring (bicyclic) bond motifs is 1. The van der Waals surface area contributed by atoms with Gasteiger partial charge in [-0.1, -0.05) is 28.8 Å². The van der Waals surface area contributed by atoms with Crippen LogP contribution in [0.25, 0.3) is 0 Å². The molecular formula is C14H8ClN3O6S. The summed E-state index contributed by atoms with van der Waals surface area (Å²) in [5, 5.41) is -0.675. The van der Waals surface area contributed by atoms with Crippen molar-refractivity contribution in [2.75, 3.05) is 6.26 Å². The van der Waals surface area contributed by atoms with Crippen molar-refractivity contribution < 1.29 is 27.6 Å². The third kappa shape index (κ3) is 2.96. The Labute approximate surface area is 146 Å². The van der Waals surface area contributed by atoms with Gasteiger partial charge in [-0.05, 0) is 12.1 Å². The molecular weight excluding hydrogens is 374 g/mol. The SMILES string of the molecule is CS(=O)(=O)c1ncc(Cl)c(C(=O)ON2C(=O)c3ccccc3C2=O)n1. The summed E-state index contributed by atoms with van der Waals surface area (Å²) in [6.45, 7) is 0. The number of aromatic nitrogens is 2. The van der Waals surface area contributed by atoms with Gasteiger partial charge in [-0.2, -0.15) is 0 Å². The molecule has 0 saturated carbocycles. The number of sulfone groups is 1. The van der Waals surface area contributed by atoms with Gasteiger partial charge in [-0.25, -0.2) is 23.2 Å². The van der Waals surface area contributed by atoms with E-state index in [1.165, 1.54) is 12.1 Å². The fourth-order valence-electron chi connectivity index (χ4n) is 2.05. The fraction of sp³-hybridized carbons (Fsp3) is 0.0714. The molecule has 0 radical (unpaired) electrons. The van der Waals surface area contributed by atoms with Gasteiger partial charge in [0.05, 0.1) is 22.3 Å². The first-order valence-corrected chi connectivity index (χ1v) is 8.90. The van der Waals surface area contributed by atoms with Crippen molar-refractivity contribution in [3.63, 3.8) is 0 Å². The van der Waals surface area contributed by atoms with Crippen molar-refractivity contribution in [2.24, 2.45) is 0 Å². The van der Waals surface area contributed by atoms with E-state index >= 15 is 0 Å². The fourth-order valence-corrected chi connectivity index (χ4v) is 2.72. The Morgan fingerprint density at radius 2 is 1.72 bits per heavy atom. The molecule has 0 N–H and O–H groups in total. The lowest BCUT2D eigenvalue weighted by Gasteiger charge is -2.12. The van der Waals surface area contributed by atoms with E-state index in [2.05, 4.69) is 9.97 Å². The maximum absolute atomic E-state index is 12.2. The number of amides is 2. The molecule has 0 unspecified atom stereocenters. The molecule has 0 fully saturated rings. The van der Waals surface area contributed by atoms with Crippen LogP contribution in [-0.2, 0) is 14.7 Å². The first-order chi connectivity index (χ1) is 11.7. The third-order valence-corrected chi connectivity index (χ3v) is 4.31. The molecule has 2 amide bonds. The molecule has 25 heavy (non-hydrogen) atoms. The van der Waals surface area contributed by atoms with Gasteiger partial charge in [0.1, 0.15) is 0 Å². The minimum atomic E-state index is -3.80. The number of rotatable bonds is 3. The summed E-state index contributed by atoms with van der Waals surface area (Å²) in [5.74, 6) is -2.93. The lowest BCUT2D eigenvalue weighted by atomic mass is 10.1. The number of hydrogen-bond donors (Lipinski definition) is 0. The molecule has 1 aromatic heterocycles. The van der Waals surface area contributed by atoms with Gasteiger partial charge in [0.15, 0.2) is 5.69 Å². The Morgan fingerprint density at radius 3 is 2.24 bits per heavy atom. The van der Waals surface area contributed by atoms with Crippen LogP contribution in [0.4, 0.5) is 0 Å². The first-order valence-electron chi connectivity index (χ1n) is 6.63. The number of carbonyl (C=O) groups excluding carboxylic acids is 3. The van der Waals surface area contributed by atoms with Crippen LogP contribution in [0.3, 0.4) is 0 Å². The summed E-state index contributed by atoms with van der Waals surface area (Å²) in [4.78, 5) is 48.3. The van der Waals surface area contributed by atoms with Crippen molar-refractivity contribution in [1.82, 2.24) is 15.0 Å². The smallest absolute Gasteiger partial charge is 0.322 e. The van der Waals surface area contributed by atoms with E-state index < -0.39 is 38.5 Å². The second-order valence-electron chi connectivity index (χ2n) is 4.95. The molecule has 11 heteroatoms. The van der Waals surface area contributed by atoms with Crippen LogP contribution in [0.1, 0.15) is 31.2 Å². The third-order valence-electron chi connectivity index (χ3n) is 3.18. The molecule has 1 aliphatic heterocycles. The Balaban J connectivity index is 1.92. The van der Waals surface area contributed by atoms with E-state index in [1.54, 1.807) is 12.1 Å². The zero-order chi connectivity index (χ0) is 18.4. The summed E-state index contributed by atoms with van der Waals surface area (Å²) in [6.07, 6.45) is 1.75. The predicted octanol–water partition coefficient (Wildman–Crippen LogP) is 0.901. The van der Waals surface area contributed by atoms with E-state index in [-0.39, 0.29) is 21.2 Å². The summed E-state index contributed by atoms with van der Waals surface area (Å²) in [7, 11) is -3.80. The van der Waals surface area contributed by atoms with E-state index in [1.807, 2.05) is 0 Å². The average molecular weight is 382 g/mol. The Hall–Kier alpha value is -2.85. The topological polar surface area (TPSA) is 124 Å². The highest BCUT2D eigenvalue weighted by Gasteiger charge is 2.39. The normalized spacial score (nSPS) is 13.8. The van der Waals surface area contributed by atoms with Crippen LogP contribution in [-0.4, -0.2) is 47.5 Å². The van der Waals surface area contributed by atoms with Crippen molar-refractivity contribution in [1.29, 1.82) is 0 Å². The number of benzene rings is 1. The molecule has 128 valence electrons. The molecule has 2 aromatic rings. The minimum Gasteiger partial charge on any atom is -0.322 e. The van der Waals surface area contributed by atoms with Gasteiger partial charge < -0.3 is 4.84 Å². The lowest BCUT2D eigenvalue weighted by molar-refractivity contribution is -0.0589. The molecule has 0 atom stereocenters. The Bertz CT molecular complexity index is 1000. The van der Waals surface area contributed by atoms with Crippen molar-refractivity contribution >= 4 is 39.2 Å². The Morgan fingerprint density at radius 1 is 1.16 bits per heavy atom. The van der Waals surface area contributed by atoms with Crippen LogP contribution in [0.15, 0.2) is 35.6 Å². The number of hydroxylamine groups is 2. The first kappa shape index (κ1) is 17.0. The van der Waals surface area contributed by atoms with Gasteiger partial charge in [0.25, 0.3) is 11.8 Å². The van der Waals surface area contributed by atoms with Crippen molar-refractivity contribution in [3.05, 3.63) is 52.3 Å².